The predicted molar refractivity (Wildman–Crippen MR) is 70.1 cm³/mol. The summed E-state index contributed by atoms with van der Waals surface area (Å²) in [6.45, 7) is 2.16. The highest BCUT2D eigenvalue weighted by molar-refractivity contribution is 6.30. The van der Waals surface area contributed by atoms with E-state index in [1.54, 1.807) is 18.2 Å². The maximum Gasteiger partial charge on any atom is 0.319 e. The first kappa shape index (κ1) is 14.3. The first-order valence-corrected chi connectivity index (χ1v) is 5.89. The van der Waals surface area contributed by atoms with Gasteiger partial charge in [0.1, 0.15) is 0 Å². The number of benzene rings is 1. The van der Waals surface area contributed by atoms with Gasteiger partial charge in [0.25, 0.3) is 0 Å². The third kappa shape index (κ3) is 5.05. The van der Waals surface area contributed by atoms with Gasteiger partial charge in [-0.3, -0.25) is 4.79 Å². The molecule has 1 aromatic carbocycles. The Bertz CT molecular complexity index is 449. The van der Waals surface area contributed by atoms with Crippen molar-refractivity contribution >= 4 is 29.3 Å². The zero-order valence-electron chi connectivity index (χ0n) is 10.00. The number of halogens is 1. The smallest absolute Gasteiger partial charge is 0.319 e. The minimum absolute atomic E-state index is 0.0419. The molecule has 1 rings (SSSR count). The molecule has 0 aliphatic rings. The standard InChI is InChI=1S/C12H15ClN2O3/c1-8-7-9(13)4-5-10(8)15-12(18)14-6-2-3-11(16)17/h4-5,7H,2-3,6H2,1H3,(H,16,17)(H2,14,15,18). The van der Waals surface area contributed by atoms with Crippen LogP contribution in [0.5, 0.6) is 0 Å². The highest BCUT2D eigenvalue weighted by atomic mass is 35.5. The van der Waals surface area contributed by atoms with E-state index in [1.165, 1.54) is 0 Å². The molecule has 0 saturated carbocycles. The summed E-state index contributed by atoms with van der Waals surface area (Å²) >= 11 is 5.80. The lowest BCUT2D eigenvalue weighted by molar-refractivity contribution is -0.137. The van der Waals surface area contributed by atoms with Gasteiger partial charge in [-0.1, -0.05) is 11.6 Å². The second kappa shape index (κ2) is 6.86. The summed E-state index contributed by atoms with van der Waals surface area (Å²) < 4.78 is 0. The molecule has 0 aliphatic heterocycles. The van der Waals surface area contributed by atoms with Crippen LogP contribution in [0.15, 0.2) is 18.2 Å². The summed E-state index contributed by atoms with van der Waals surface area (Å²) in [5.41, 5.74) is 1.54. The number of amides is 2. The lowest BCUT2D eigenvalue weighted by Gasteiger charge is -2.09. The minimum atomic E-state index is -0.870. The SMILES string of the molecule is Cc1cc(Cl)ccc1NC(=O)NCCCC(=O)O. The Hall–Kier alpha value is -1.75. The fourth-order valence-corrected chi connectivity index (χ4v) is 1.60. The van der Waals surface area contributed by atoms with Crippen molar-refractivity contribution in [3.05, 3.63) is 28.8 Å². The van der Waals surface area contributed by atoms with Gasteiger partial charge >= 0.3 is 12.0 Å². The summed E-state index contributed by atoms with van der Waals surface area (Å²) in [6.07, 6.45) is 0.447. The molecule has 1 aromatic rings. The molecule has 18 heavy (non-hydrogen) atoms. The molecule has 0 radical (unpaired) electrons. The van der Waals surface area contributed by atoms with E-state index in [0.29, 0.717) is 23.7 Å². The van der Waals surface area contributed by atoms with E-state index in [9.17, 15) is 9.59 Å². The third-order valence-electron chi connectivity index (χ3n) is 2.29. The molecule has 0 spiro atoms. The quantitative estimate of drug-likeness (QED) is 0.720. The van der Waals surface area contributed by atoms with Crippen LogP contribution in [0.2, 0.25) is 5.02 Å². The number of anilines is 1. The monoisotopic (exact) mass is 270 g/mol. The van der Waals surface area contributed by atoms with Crippen molar-refractivity contribution in [2.45, 2.75) is 19.8 Å². The first-order valence-electron chi connectivity index (χ1n) is 5.52. The van der Waals surface area contributed by atoms with Gasteiger partial charge in [-0.15, -0.1) is 0 Å². The van der Waals surface area contributed by atoms with Crippen LogP contribution < -0.4 is 10.6 Å². The van der Waals surface area contributed by atoms with Gasteiger partial charge in [0.15, 0.2) is 0 Å². The lowest BCUT2D eigenvalue weighted by Crippen LogP contribution is -2.30. The largest absolute Gasteiger partial charge is 0.481 e. The fraction of sp³-hybridized carbons (Fsp3) is 0.333. The zero-order chi connectivity index (χ0) is 13.5. The molecule has 0 bridgehead atoms. The predicted octanol–water partition coefficient (Wildman–Crippen LogP) is 2.63. The molecule has 0 aliphatic carbocycles. The number of rotatable bonds is 5. The van der Waals surface area contributed by atoms with E-state index < -0.39 is 5.97 Å². The number of hydrogen-bond donors (Lipinski definition) is 3. The zero-order valence-corrected chi connectivity index (χ0v) is 10.8. The van der Waals surface area contributed by atoms with Gasteiger partial charge in [0, 0.05) is 23.7 Å². The normalized spacial score (nSPS) is 9.89. The van der Waals surface area contributed by atoms with E-state index in [2.05, 4.69) is 10.6 Å². The summed E-state index contributed by atoms with van der Waals surface area (Å²) in [5.74, 6) is -0.870. The van der Waals surface area contributed by atoms with Crippen molar-refractivity contribution in [2.24, 2.45) is 0 Å². The van der Waals surface area contributed by atoms with Gasteiger partial charge in [0.05, 0.1) is 0 Å². The van der Waals surface area contributed by atoms with Crippen molar-refractivity contribution in [1.82, 2.24) is 5.32 Å². The number of nitrogens with one attached hydrogen (secondary N) is 2. The molecule has 0 unspecified atom stereocenters. The lowest BCUT2D eigenvalue weighted by atomic mass is 10.2. The van der Waals surface area contributed by atoms with Gasteiger partial charge < -0.3 is 15.7 Å². The van der Waals surface area contributed by atoms with Crippen LogP contribution in [0.1, 0.15) is 18.4 Å². The van der Waals surface area contributed by atoms with Crippen molar-refractivity contribution in [3.8, 4) is 0 Å². The second-order valence-electron chi connectivity index (χ2n) is 3.84. The molecule has 6 heteroatoms. The number of carboxylic acids is 1. The molecule has 0 aromatic heterocycles. The van der Waals surface area contributed by atoms with Crippen molar-refractivity contribution < 1.29 is 14.7 Å². The molecule has 3 N–H and O–H groups in total. The van der Waals surface area contributed by atoms with E-state index in [4.69, 9.17) is 16.7 Å². The first-order chi connectivity index (χ1) is 8.49. The maximum atomic E-state index is 11.5. The fourth-order valence-electron chi connectivity index (χ4n) is 1.38. The minimum Gasteiger partial charge on any atom is -0.481 e. The van der Waals surface area contributed by atoms with Crippen LogP contribution in [0.4, 0.5) is 10.5 Å². The number of urea groups is 1. The number of aryl methyl sites for hydroxylation is 1. The molecule has 0 saturated heterocycles. The molecule has 98 valence electrons. The summed E-state index contributed by atoms with van der Waals surface area (Å²) in [5, 5.41) is 14.3. The van der Waals surface area contributed by atoms with E-state index in [1.807, 2.05) is 6.92 Å². The number of hydrogen-bond acceptors (Lipinski definition) is 2. The average molecular weight is 271 g/mol. The molecular formula is C12H15ClN2O3. The summed E-state index contributed by atoms with van der Waals surface area (Å²) in [6, 6.07) is 4.80. The van der Waals surface area contributed by atoms with Crippen molar-refractivity contribution in [1.29, 1.82) is 0 Å². The number of carboxylic acid groups (broad SMARTS) is 1. The number of carbonyl (C=O) groups is 2. The molecule has 0 heterocycles. The topological polar surface area (TPSA) is 78.4 Å². The van der Waals surface area contributed by atoms with Crippen molar-refractivity contribution in [3.63, 3.8) is 0 Å². The molecule has 5 nitrogen and oxygen atoms in total. The van der Waals surface area contributed by atoms with Crippen LogP contribution in [-0.2, 0) is 4.79 Å². The Balaban J connectivity index is 2.38. The Morgan fingerprint density at radius 3 is 2.72 bits per heavy atom. The average Bonchev–Trinajstić information content (AvgIpc) is 2.28. The second-order valence-corrected chi connectivity index (χ2v) is 4.27. The van der Waals surface area contributed by atoms with Crippen molar-refractivity contribution in [2.75, 3.05) is 11.9 Å². The Kier molecular flexibility index (Phi) is 5.45. The Morgan fingerprint density at radius 1 is 1.39 bits per heavy atom. The maximum absolute atomic E-state index is 11.5. The highest BCUT2D eigenvalue weighted by Gasteiger charge is 2.04. The van der Waals surface area contributed by atoms with Crippen LogP contribution >= 0.6 is 11.6 Å². The number of carbonyl (C=O) groups excluding carboxylic acids is 1. The van der Waals surface area contributed by atoms with Gasteiger partial charge in [0.2, 0.25) is 0 Å². The van der Waals surface area contributed by atoms with Crippen LogP contribution in [0.3, 0.4) is 0 Å². The van der Waals surface area contributed by atoms with Crippen LogP contribution in [0, 0.1) is 6.92 Å². The molecular weight excluding hydrogens is 256 g/mol. The van der Waals surface area contributed by atoms with Gasteiger partial charge in [-0.05, 0) is 37.1 Å². The Labute approximate surface area is 110 Å². The molecule has 2 amide bonds. The van der Waals surface area contributed by atoms with Crippen LogP contribution in [0.25, 0.3) is 0 Å². The molecule has 0 fully saturated rings. The van der Waals surface area contributed by atoms with Gasteiger partial charge in [-0.25, -0.2) is 4.79 Å². The number of aliphatic carboxylic acids is 1. The van der Waals surface area contributed by atoms with E-state index in [-0.39, 0.29) is 12.5 Å². The van der Waals surface area contributed by atoms with Gasteiger partial charge in [-0.2, -0.15) is 0 Å². The van der Waals surface area contributed by atoms with E-state index in [0.717, 1.165) is 5.56 Å². The van der Waals surface area contributed by atoms with E-state index >= 15 is 0 Å². The summed E-state index contributed by atoms with van der Waals surface area (Å²) in [4.78, 5) is 21.8. The highest BCUT2D eigenvalue weighted by Crippen LogP contribution is 2.19. The molecule has 0 atom stereocenters. The summed E-state index contributed by atoms with van der Waals surface area (Å²) in [7, 11) is 0. The third-order valence-corrected chi connectivity index (χ3v) is 2.52. The Morgan fingerprint density at radius 2 is 2.11 bits per heavy atom. The van der Waals surface area contributed by atoms with Crippen LogP contribution in [-0.4, -0.2) is 23.7 Å².